The van der Waals surface area contributed by atoms with Crippen LogP contribution in [0, 0.1) is 6.57 Å². The van der Waals surface area contributed by atoms with Gasteiger partial charge in [0, 0.05) is 6.61 Å². The van der Waals surface area contributed by atoms with Gasteiger partial charge in [-0.05, 0) is 76.8 Å². The summed E-state index contributed by atoms with van der Waals surface area (Å²) in [6, 6.07) is 12.8. The maximum absolute atomic E-state index is 7.07. The van der Waals surface area contributed by atoms with E-state index in [0.717, 1.165) is 11.0 Å². The van der Waals surface area contributed by atoms with Gasteiger partial charge in [-0.3, -0.25) is 0 Å². The van der Waals surface area contributed by atoms with Gasteiger partial charge in [0.1, 0.15) is 11.5 Å². The molecule has 164 valence electrons. The maximum Gasteiger partial charge on any atom is 0.495 e. The zero-order valence-electron chi connectivity index (χ0n) is 19.1. The number of nitrogens with zero attached hydrogens (tertiary/aromatic N) is 1. The Kier molecular flexibility index (Phi) is 7.08. The molecule has 0 spiro atoms. The molecule has 1 aliphatic heterocycles. The van der Waals surface area contributed by atoms with Crippen LogP contribution in [-0.4, -0.2) is 31.2 Å². The predicted octanol–water partition coefficient (Wildman–Crippen LogP) is 5.23. The number of benzene rings is 2. The van der Waals surface area contributed by atoms with Gasteiger partial charge in [-0.2, -0.15) is 0 Å². The number of rotatable bonds is 8. The SMILES string of the molecule is [C-]#[N+]c1ccc(Oc2ccc(B3OC(C)(C)C(C)(C)O3)c(COC(C)OCC)c2)cc1. The minimum atomic E-state index is -0.502. The summed E-state index contributed by atoms with van der Waals surface area (Å²) in [4.78, 5) is 3.41. The van der Waals surface area contributed by atoms with Gasteiger partial charge in [0.05, 0.1) is 24.4 Å². The Hall–Kier alpha value is -2.37. The molecule has 1 fully saturated rings. The Bertz CT molecular complexity index is 920. The van der Waals surface area contributed by atoms with Crippen molar-refractivity contribution in [1.29, 1.82) is 0 Å². The molecule has 1 aliphatic rings. The fourth-order valence-electron chi connectivity index (χ4n) is 3.19. The molecule has 1 saturated heterocycles. The third kappa shape index (κ3) is 5.47. The second-order valence-corrected chi connectivity index (χ2v) is 8.49. The summed E-state index contributed by atoms with van der Waals surface area (Å²) in [5.74, 6) is 1.32. The molecule has 0 bridgehead atoms. The second-order valence-electron chi connectivity index (χ2n) is 8.49. The third-order valence-corrected chi connectivity index (χ3v) is 5.70. The molecule has 3 rings (SSSR count). The lowest BCUT2D eigenvalue weighted by Crippen LogP contribution is -2.41. The van der Waals surface area contributed by atoms with E-state index >= 15 is 0 Å². The van der Waals surface area contributed by atoms with Gasteiger partial charge in [0.2, 0.25) is 0 Å². The molecule has 2 aromatic carbocycles. The van der Waals surface area contributed by atoms with Crippen LogP contribution in [0.5, 0.6) is 11.5 Å². The van der Waals surface area contributed by atoms with E-state index in [1.54, 1.807) is 24.3 Å². The van der Waals surface area contributed by atoms with Crippen LogP contribution in [0.15, 0.2) is 42.5 Å². The molecular formula is C24H30BNO5. The van der Waals surface area contributed by atoms with E-state index < -0.39 is 18.3 Å². The fraction of sp³-hybridized carbons (Fsp3) is 0.458. The second kappa shape index (κ2) is 9.41. The van der Waals surface area contributed by atoms with E-state index in [-0.39, 0.29) is 6.29 Å². The Morgan fingerprint density at radius 2 is 1.58 bits per heavy atom. The number of hydrogen-bond acceptors (Lipinski definition) is 5. The normalized spacial score (nSPS) is 17.9. The molecule has 0 amide bonds. The summed E-state index contributed by atoms with van der Waals surface area (Å²) < 4.78 is 29.9. The quantitative estimate of drug-likeness (QED) is 0.331. The van der Waals surface area contributed by atoms with Crippen molar-refractivity contribution in [2.45, 2.75) is 65.6 Å². The summed E-state index contributed by atoms with van der Waals surface area (Å²) in [5, 5.41) is 0. The summed E-state index contributed by atoms with van der Waals surface area (Å²) in [5.41, 5.74) is 1.50. The lowest BCUT2D eigenvalue weighted by atomic mass is 9.76. The fourth-order valence-corrected chi connectivity index (χ4v) is 3.19. The summed E-state index contributed by atoms with van der Waals surface area (Å²) in [6.07, 6.45) is -0.332. The first-order valence-corrected chi connectivity index (χ1v) is 10.5. The highest BCUT2D eigenvalue weighted by Gasteiger charge is 2.52. The molecule has 1 heterocycles. The van der Waals surface area contributed by atoms with Crippen LogP contribution < -0.4 is 10.2 Å². The van der Waals surface area contributed by atoms with Crippen LogP contribution in [0.1, 0.15) is 47.1 Å². The van der Waals surface area contributed by atoms with E-state index in [1.807, 2.05) is 59.7 Å². The first-order valence-electron chi connectivity index (χ1n) is 10.5. The molecule has 0 aliphatic carbocycles. The van der Waals surface area contributed by atoms with Crippen LogP contribution in [0.4, 0.5) is 5.69 Å². The lowest BCUT2D eigenvalue weighted by molar-refractivity contribution is -0.134. The molecule has 1 unspecified atom stereocenters. The smallest absolute Gasteiger partial charge is 0.457 e. The summed E-state index contributed by atoms with van der Waals surface area (Å²) in [6.45, 7) is 19.9. The van der Waals surface area contributed by atoms with Gasteiger partial charge in [-0.15, -0.1) is 0 Å². The maximum atomic E-state index is 7.07. The molecule has 2 aromatic rings. The highest BCUT2D eigenvalue weighted by molar-refractivity contribution is 6.62. The lowest BCUT2D eigenvalue weighted by Gasteiger charge is -2.32. The van der Waals surface area contributed by atoms with Crippen LogP contribution in [0.2, 0.25) is 0 Å². The van der Waals surface area contributed by atoms with Crippen molar-refractivity contribution >= 4 is 18.3 Å². The molecule has 0 aromatic heterocycles. The average Bonchev–Trinajstić information content (AvgIpc) is 2.94. The van der Waals surface area contributed by atoms with Crippen molar-refractivity contribution < 1.29 is 23.5 Å². The monoisotopic (exact) mass is 423 g/mol. The van der Waals surface area contributed by atoms with Crippen molar-refractivity contribution in [3.8, 4) is 11.5 Å². The van der Waals surface area contributed by atoms with Gasteiger partial charge >= 0.3 is 7.12 Å². The predicted molar refractivity (Wildman–Crippen MR) is 121 cm³/mol. The molecule has 0 N–H and O–H groups in total. The van der Waals surface area contributed by atoms with Crippen molar-refractivity contribution in [3.05, 3.63) is 59.4 Å². The zero-order valence-corrected chi connectivity index (χ0v) is 19.1. The molecule has 6 nitrogen and oxygen atoms in total. The summed E-state index contributed by atoms with van der Waals surface area (Å²) in [7, 11) is -0.502. The van der Waals surface area contributed by atoms with Crippen LogP contribution in [0.25, 0.3) is 4.85 Å². The van der Waals surface area contributed by atoms with Gasteiger partial charge in [0.15, 0.2) is 12.0 Å². The Morgan fingerprint density at radius 3 is 2.16 bits per heavy atom. The number of hydrogen-bond donors (Lipinski definition) is 0. The van der Waals surface area contributed by atoms with E-state index in [4.69, 9.17) is 30.1 Å². The molecule has 0 saturated carbocycles. The topological polar surface area (TPSA) is 50.5 Å². The van der Waals surface area contributed by atoms with E-state index in [0.29, 0.717) is 30.4 Å². The van der Waals surface area contributed by atoms with Crippen molar-refractivity contribution in [3.63, 3.8) is 0 Å². The molecule has 31 heavy (non-hydrogen) atoms. The highest BCUT2D eigenvalue weighted by Crippen LogP contribution is 2.37. The molecule has 1 atom stereocenters. The van der Waals surface area contributed by atoms with E-state index in [1.165, 1.54) is 0 Å². The van der Waals surface area contributed by atoms with Crippen LogP contribution in [-0.2, 0) is 25.4 Å². The molecule has 0 radical (unpaired) electrons. The van der Waals surface area contributed by atoms with Gasteiger partial charge in [-0.1, -0.05) is 18.2 Å². The van der Waals surface area contributed by atoms with Crippen LogP contribution in [0.3, 0.4) is 0 Å². The minimum absolute atomic E-state index is 0.328. The van der Waals surface area contributed by atoms with E-state index in [2.05, 4.69) is 4.85 Å². The third-order valence-electron chi connectivity index (χ3n) is 5.70. The standard InChI is InChI=1S/C24H30BNO5/c1-8-27-17(2)28-16-18-15-21(29-20-11-9-19(26-7)10-12-20)13-14-22(18)25-30-23(3,4)24(5,6)31-25/h9-15,17H,8,16H2,1-6H3. The van der Waals surface area contributed by atoms with E-state index in [9.17, 15) is 0 Å². The average molecular weight is 423 g/mol. The van der Waals surface area contributed by atoms with Crippen molar-refractivity contribution in [1.82, 2.24) is 0 Å². The molecule has 7 heteroatoms. The zero-order chi connectivity index (χ0) is 22.6. The first-order chi connectivity index (χ1) is 14.6. The largest absolute Gasteiger partial charge is 0.495 e. The van der Waals surface area contributed by atoms with Gasteiger partial charge in [-0.25, -0.2) is 4.85 Å². The Balaban J connectivity index is 1.86. The van der Waals surface area contributed by atoms with Gasteiger partial charge < -0.3 is 23.5 Å². The number of ether oxygens (including phenoxy) is 3. The van der Waals surface area contributed by atoms with Crippen LogP contribution >= 0.6 is 0 Å². The van der Waals surface area contributed by atoms with Crippen molar-refractivity contribution in [2.75, 3.05) is 6.61 Å². The minimum Gasteiger partial charge on any atom is -0.457 e. The Labute approximate surface area is 185 Å². The van der Waals surface area contributed by atoms with Gasteiger partial charge in [0.25, 0.3) is 0 Å². The Morgan fingerprint density at radius 1 is 0.968 bits per heavy atom. The highest BCUT2D eigenvalue weighted by atomic mass is 16.7. The first kappa shape index (κ1) is 23.3. The molecular weight excluding hydrogens is 393 g/mol. The van der Waals surface area contributed by atoms with Crippen molar-refractivity contribution in [2.24, 2.45) is 0 Å². The summed E-state index contributed by atoms with van der Waals surface area (Å²) >= 11 is 0.